The third-order valence-electron chi connectivity index (χ3n) is 6.50. The van der Waals surface area contributed by atoms with Crippen molar-refractivity contribution in [3.8, 4) is 0 Å². The Labute approximate surface area is 214 Å². The Morgan fingerprint density at radius 1 is 1.00 bits per heavy atom. The summed E-state index contributed by atoms with van der Waals surface area (Å²) in [5.74, 6) is 0.413. The van der Waals surface area contributed by atoms with Gasteiger partial charge in [0.15, 0.2) is 0 Å². The van der Waals surface area contributed by atoms with Crippen LogP contribution in [-0.4, -0.2) is 23.3 Å². The molecule has 5 heteroatoms. The van der Waals surface area contributed by atoms with Crippen LogP contribution in [0.5, 0.6) is 0 Å². The van der Waals surface area contributed by atoms with Gasteiger partial charge in [0.2, 0.25) is 11.8 Å². The lowest BCUT2D eigenvalue weighted by atomic mass is 9.78. The first-order chi connectivity index (χ1) is 16.3. The minimum Gasteiger partial charge on any atom is -0.350 e. The van der Waals surface area contributed by atoms with Crippen LogP contribution < -0.4 is 5.32 Å². The maximum absolute atomic E-state index is 12.8. The van der Waals surface area contributed by atoms with Gasteiger partial charge in [0, 0.05) is 24.5 Å². The maximum Gasteiger partial charge on any atom is 0.229 e. The van der Waals surface area contributed by atoms with E-state index < -0.39 is 0 Å². The van der Waals surface area contributed by atoms with Gasteiger partial charge in [0.1, 0.15) is 0 Å². The van der Waals surface area contributed by atoms with Gasteiger partial charge >= 0.3 is 0 Å². The summed E-state index contributed by atoms with van der Waals surface area (Å²) in [7, 11) is 0. The number of halogens is 1. The molecule has 0 spiro atoms. The molecule has 186 valence electrons. The van der Waals surface area contributed by atoms with Gasteiger partial charge in [0.05, 0.1) is 11.5 Å². The van der Waals surface area contributed by atoms with Crippen molar-refractivity contribution < 1.29 is 9.59 Å². The second-order valence-corrected chi connectivity index (χ2v) is 10.3. The van der Waals surface area contributed by atoms with Crippen molar-refractivity contribution in [2.45, 2.75) is 85.2 Å². The van der Waals surface area contributed by atoms with Crippen molar-refractivity contribution in [2.75, 3.05) is 6.54 Å². The molecule has 34 heavy (non-hydrogen) atoms. The zero-order valence-corrected chi connectivity index (χ0v) is 22.9. The number of hydrogen-bond donors (Lipinski definition) is 1. The lowest BCUT2D eigenvalue weighted by molar-refractivity contribution is -0.137. The summed E-state index contributed by atoms with van der Waals surface area (Å²) < 4.78 is 1.08. The smallest absolute Gasteiger partial charge is 0.229 e. The Bertz CT molecular complexity index is 877. The first-order valence-corrected chi connectivity index (χ1v) is 13.5. The fourth-order valence-electron chi connectivity index (χ4n) is 4.94. The maximum atomic E-state index is 12.8. The fourth-order valence-corrected chi connectivity index (χ4v) is 5.21. The van der Waals surface area contributed by atoms with E-state index in [1.54, 1.807) is 6.92 Å². The van der Waals surface area contributed by atoms with Gasteiger partial charge in [-0.2, -0.15) is 0 Å². The van der Waals surface area contributed by atoms with Crippen molar-refractivity contribution in [3.63, 3.8) is 0 Å². The summed E-state index contributed by atoms with van der Waals surface area (Å²) in [6.07, 6.45) is 7.36. The van der Waals surface area contributed by atoms with Crippen LogP contribution in [0.2, 0.25) is 0 Å². The molecule has 1 atom stereocenters. The van der Waals surface area contributed by atoms with Gasteiger partial charge in [-0.05, 0) is 48.9 Å². The SMILES string of the molecule is CCCC(NC(C)=O)c1ccccc1.CCCC1(CCC)CCN(Cc2ccc(Br)cc2)C1=O. The van der Waals surface area contributed by atoms with E-state index in [4.69, 9.17) is 0 Å². The molecule has 2 amide bonds. The largest absolute Gasteiger partial charge is 0.350 e. The molecule has 1 heterocycles. The first-order valence-electron chi connectivity index (χ1n) is 12.7. The van der Waals surface area contributed by atoms with Crippen molar-refractivity contribution in [3.05, 3.63) is 70.2 Å². The lowest BCUT2D eigenvalue weighted by Gasteiger charge is -2.27. The summed E-state index contributed by atoms with van der Waals surface area (Å²) >= 11 is 3.45. The fraction of sp³-hybridized carbons (Fsp3) is 0.517. The van der Waals surface area contributed by atoms with Gasteiger partial charge in [-0.25, -0.2) is 0 Å². The predicted molar refractivity (Wildman–Crippen MR) is 144 cm³/mol. The summed E-state index contributed by atoms with van der Waals surface area (Å²) in [4.78, 5) is 25.8. The van der Waals surface area contributed by atoms with Crippen molar-refractivity contribution in [1.82, 2.24) is 10.2 Å². The number of benzene rings is 2. The third kappa shape index (κ3) is 8.26. The normalized spacial score (nSPS) is 15.4. The molecular formula is C29H41BrN2O2. The second-order valence-electron chi connectivity index (χ2n) is 9.34. The third-order valence-corrected chi connectivity index (χ3v) is 7.03. The zero-order chi connectivity index (χ0) is 25.0. The Balaban J connectivity index is 0.000000257. The molecule has 1 saturated heterocycles. The number of likely N-dealkylation sites (tertiary alicyclic amines) is 1. The molecule has 2 aromatic rings. The van der Waals surface area contributed by atoms with Gasteiger partial charge in [-0.3, -0.25) is 9.59 Å². The number of carbonyl (C=O) groups excluding carboxylic acids is 2. The average molecular weight is 530 g/mol. The molecule has 1 unspecified atom stereocenters. The van der Waals surface area contributed by atoms with Gasteiger partial charge < -0.3 is 10.2 Å². The zero-order valence-electron chi connectivity index (χ0n) is 21.3. The van der Waals surface area contributed by atoms with Crippen LogP contribution >= 0.6 is 15.9 Å². The van der Waals surface area contributed by atoms with Crippen LogP contribution in [0.15, 0.2) is 59.1 Å². The molecule has 0 aliphatic carbocycles. The van der Waals surface area contributed by atoms with Gasteiger partial charge in [0.25, 0.3) is 0 Å². The van der Waals surface area contributed by atoms with E-state index in [0.29, 0.717) is 5.91 Å². The highest BCUT2D eigenvalue weighted by Gasteiger charge is 2.44. The summed E-state index contributed by atoms with van der Waals surface area (Å²) in [6.45, 7) is 9.71. The minimum atomic E-state index is -0.0706. The Kier molecular flexibility index (Phi) is 11.8. The quantitative estimate of drug-likeness (QED) is 0.348. The Hall–Kier alpha value is -2.14. The molecule has 0 saturated carbocycles. The van der Waals surface area contributed by atoms with Crippen LogP contribution in [0.1, 0.15) is 89.8 Å². The highest BCUT2D eigenvalue weighted by molar-refractivity contribution is 9.10. The lowest BCUT2D eigenvalue weighted by Crippen LogP contribution is -2.34. The highest BCUT2D eigenvalue weighted by atomic mass is 79.9. The molecule has 0 bridgehead atoms. The number of carbonyl (C=O) groups is 2. The number of hydrogen-bond acceptors (Lipinski definition) is 2. The van der Waals surface area contributed by atoms with E-state index in [2.05, 4.69) is 71.2 Å². The Morgan fingerprint density at radius 2 is 1.62 bits per heavy atom. The van der Waals surface area contributed by atoms with Crippen LogP contribution in [0.25, 0.3) is 0 Å². The molecular weight excluding hydrogens is 488 g/mol. The van der Waals surface area contributed by atoms with Crippen molar-refractivity contribution in [1.29, 1.82) is 0 Å². The predicted octanol–water partition coefficient (Wildman–Crippen LogP) is 7.43. The minimum absolute atomic E-state index is 0.0345. The summed E-state index contributed by atoms with van der Waals surface area (Å²) in [5.41, 5.74) is 2.33. The molecule has 1 aliphatic rings. The number of amides is 2. The van der Waals surface area contributed by atoms with Gasteiger partial charge in [-0.1, -0.05) is 98.4 Å². The second kappa shape index (κ2) is 14.3. The number of rotatable bonds is 10. The van der Waals surface area contributed by atoms with Crippen LogP contribution in [0.3, 0.4) is 0 Å². The summed E-state index contributed by atoms with van der Waals surface area (Å²) in [6, 6.07) is 18.5. The molecule has 1 fully saturated rings. The van der Waals surface area contributed by atoms with Crippen molar-refractivity contribution in [2.24, 2.45) is 5.41 Å². The molecule has 3 rings (SSSR count). The monoisotopic (exact) mass is 528 g/mol. The van der Waals surface area contributed by atoms with Crippen LogP contribution in [0, 0.1) is 5.41 Å². The molecule has 1 N–H and O–H groups in total. The van der Waals surface area contributed by atoms with Crippen LogP contribution in [-0.2, 0) is 16.1 Å². The average Bonchev–Trinajstić information content (AvgIpc) is 3.11. The molecule has 0 radical (unpaired) electrons. The molecule has 4 nitrogen and oxygen atoms in total. The van der Waals surface area contributed by atoms with E-state index in [9.17, 15) is 9.59 Å². The molecule has 1 aliphatic heterocycles. The van der Waals surface area contributed by atoms with E-state index in [1.807, 2.05) is 30.3 Å². The Morgan fingerprint density at radius 3 is 2.15 bits per heavy atom. The van der Waals surface area contributed by atoms with Crippen molar-refractivity contribution >= 4 is 27.7 Å². The van der Waals surface area contributed by atoms with Crippen LogP contribution in [0.4, 0.5) is 0 Å². The van der Waals surface area contributed by atoms with E-state index in [1.165, 1.54) is 11.1 Å². The highest BCUT2D eigenvalue weighted by Crippen LogP contribution is 2.41. The summed E-state index contributed by atoms with van der Waals surface area (Å²) in [5, 5.41) is 2.96. The molecule has 0 aromatic heterocycles. The number of nitrogens with zero attached hydrogens (tertiary/aromatic N) is 1. The van der Waals surface area contributed by atoms with E-state index in [0.717, 1.165) is 62.5 Å². The van der Waals surface area contributed by atoms with Gasteiger partial charge in [-0.15, -0.1) is 0 Å². The van der Waals surface area contributed by atoms with E-state index in [-0.39, 0.29) is 17.4 Å². The topological polar surface area (TPSA) is 49.4 Å². The standard InChI is InChI=1S/C17H24BrNO.C12H17NO/c1-3-9-17(10-4-2)11-12-19(16(17)20)13-14-5-7-15(18)8-6-14;1-3-7-12(13-10(2)14)11-8-5-4-6-9-11/h5-8H,3-4,9-13H2,1-2H3;4-6,8-9,12H,3,7H2,1-2H3,(H,13,14). The first kappa shape index (κ1) is 28.1. The molecule has 2 aromatic carbocycles. The number of nitrogens with one attached hydrogen (secondary N) is 1. The van der Waals surface area contributed by atoms with E-state index >= 15 is 0 Å².